The Morgan fingerprint density at radius 3 is 3.00 bits per heavy atom. The molecular formula is C11H19N3OS. The Kier molecular flexibility index (Phi) is 6.00. The number of carbonyl (C=O) groups is 1. The summed E-state index contributed by atoms with van der Waals surface area (Å²) in [6, 6.07) is 0. The number of carbonyl (C=O) groups excluding carboxylic acids is 1. The van der Waals surface area contributed by atoms with Crippen molar-refractivity contribution < 1.29 is 4.79 Å². The van der Waals surface area contributed by atoms with Crippen molar-refractivity contribution in [1.82, 2.24) is 5.32 Å². The van der Waals surface area contributed by atoms with Gasteiger partial charge in [0.2, 0.25) is 5.91 Å². The Hall–Kier alpha value is -0.970. The summed E-state index contributed by atoms with van der Waals surface area (Å²) >= 11 is 1.06. The highest BCUT2D eigenvalue weighted by Crippen LogP contribution is 2.19. The zero-order chi connectivity index (χ0) is 11.8. The van der Waals surface area contributed by atoms with E-state index in [1.54, 1.807) is 0 Å². The fraction of sp³-hybridized carbons (Fsp3) is 0.636. The Balaban J connectivity index is 2.08. The highest BCUT2D eigenvalue weighted by atomic mass is 32.2. The van der Waals surface area contributed by atoms with E-state index in [-0.39, 0.29) is 16.8 Å². The summed E-state index contributed by atoms with van der Waals surface area (Å²) in [7, 11) is 0. The van der Waals surface area contributed by atoms with Crippen molar-refractivity contribution in [3.63, 3.8) is 0 Å². The van der Waals surface area contributed by atoms with Crippen LogP contribution in [-0.2, 0) is 4.79 Å². The largest absolute Gasteiger partial charge is 0.379 e. The lowest BCUT2D eigenvalue weighted by molar-refractivity contribution is -0.118. The molecule has 0 aromatic carbocycles. The quantitative estimate of drug-likeness (QED) is 0.389. The number of nitrogens with one attached hydrogen (secondary N) is 2. The molecule has 4 nitrogen and oxygen atoms in total. The average Bonchev–Trinajstić information content (AvgIpc) is 2.28. The Labute approximate surface area is 101 Å². The minimum absolute atomic E-state index is 0.00913. The van der Waals surface area contributed by atoms with Crippen LogP contribution in [0.3, 0.4) is 0 Å². The van der Waals surface area contributed by atoms with Crippen molar-refractivity contribution >= 4 is 22.8 Å². The first-order valence-electron chi connectivity index (χ1n) is 5.60. The summed E-state index contributed by atoms with van der Waals surface area (Å²) in [6.07, 6.45) is 8.18. The zero-order valence-corrected chi connectivity index (χ0v) is 10.2. The van der Waals surface area contributed by atoms with Gasteiger partial charge < -0.3 is 11.1 Å². The first kappa shape index (κ1) is 13.1. The van der Waals surface area contributed by atoms with Gasteiger partial charge in [0.1, 0.15) is 0 Å². The van der Waals surface area contributed by atoms with Crippen LogP contribution in [-0.4, -0.2) is 23.4 Å². The second-order valence-corrected chi connectivity index (χ2v) is 4.88. The van der Waals surface area contributed by atoms with Crippen LogP contribution in [0.4, 0.5) is 0 Å². The number of amidine groups is 1. The maximum atomic E-state index is 11.3. The number of rotatable bonds is 5. The van der Waals surface area contributed by atoms with Crippen LogP contribution in [0.2, 0.25) is 0 Å². The molecule has 0 aliphatic heterocycles. The smallest absolute Gasteiger partial charge is 0.230 e. The van der Waals surface area contributed by atoms with Gasteiger partial charge >= 0.3 is 0 Å². The Bertz CT molecular complexity index is 289. The molecule has 4 N–H and O–H groups in total. The lowest BCUT2D eigenvalue weighted by Gasteiger charge is -2.12. The monoisotopic (exact) mass is 241 g/mol. The molecule has 0 spiro atoms. The summed E-state index contributed by atoms with van der Waals surface area (Å²) in [5.74, 6) is 0.200. The molecule has 0 saturated carbocycles. The van der Waals surface area contributed by atoms with Crippen molar-refractivity contribution in [1.29, 1.82) is 5.41 Å². The zero-order valence-electron chi connectivity index (χ0n) is 9.42. The number of amides is 1. The van der Waals surface area contributed by atoms with Gasteiger partial charge in [0.25, 0.3) is 0 Å². The summed E-state index contributed by atoms with van der Waals surface area (Å²) < 4.78 is 0. The van der Waals surface area contributed by atoms with Gasteiger partial charge in [0.15, 0.2) is 5.17 Å². The second kappa shape index (κ2) is 7.33. The molecule has 90 valence electrons. The third kappa shape index (κ3) is 5.80. The normalized spacial score (nSPS) is 15.4. The van der Waals surface area contributed by atoms with Gasteiger partial charge in [-0.05, 0) is 32.1 Å². The van der Waals surface area contributed by atoms with E-state index in [0.29, 0.717) is 6.54 Å². The van der Waals surface area contributed by atoms with Gasteiger partial charge in [0, 0.05) is 6.54 Å². The molecule has 5 heteroatoms. The minimum Gasteiger partial charge on any atom is -0.379 e. The molecule has 0 aromatic rings. The first-order chi connectivity index (χ1) is 7.68. The predicted molar refractivity (Wildman–Crippen MR) is 68.5 cm³/mol. The molecule has 1 aliphatic rings. The number of hydrogen-bond acceptors (Lipinski definition) is 3. The van der Waals surface area contributed by atoms with E-state index >= 15 is 0 Å². The lowest BCUT2D eigenvalue weighted by Crippen LogP contribution is -2.27. The summed E-state index contributed by atoms with van der Waals surface area (Å²) in [4.78, 5) is 11.3. The molecule has 1 amide bonds. The van der Waals surface area contributed by atoms with Gasteiger partial charge in [-0.3, -0.25) is 10.2 Å². The Morgan fingerprint density at radius 1 is 1.56 bits per heavy atom. The van der Waals surface area contributed by atoms with E-state index in [2.05, 4.69) is 11.4 Å². The molecule has 0 saturated heterocycles. The highest BCUT2D eigenvalue weighted by Gasteiger charge is 2.05. The molecule has 0 unspecified atom stereocenters. The van der Waals surface area contributed by atoms with E-state index < -0.39 is 0 Å². The number of hydrogen-bond donors (Lipinski definition) is 3. The molecule has 0 radical (unpaired) electrons. The van der Waals surface area contributed by atoms with Gasteiger partial charge in [-0.15, -0.1) is 0 Å². The first-order valence-corrected chi connectivity index (χ1v) is 6.58. The summed E-state index contributed by atoms with van der Waals surface area (Å²) in [5.41, 5.74) is 6.61. The Morgan fingerprint density at radius 2 is 2.38 bits per heavy atom. The highest BCUT2D eigenvalue weighted by molar-refractivity contribution is 8.14. The molecule has 16 heavy (non-hydrogen) atoms. The lowest BCUT2D eigenvalue weighted by atomic mass is 9.97. The van der Waals surface area contributed by atoms with E-state index in [1.807, 2.05) is 0 Å². The van der Waals surface area contributed by atoms with Crippen molar-refractivity contribution in [3.8, 4) is 0 Å². The van der Waals surface area contributed by atoms with Crippen molar-refractivity contribution in [3.05, 3.63) is 11.6 Å². The van der Waals surface area contributed by atoms with Crippen molar-refractivity contribution in [2.45, 2.75) is 32.1 Å². The van der Waals surface area contributed by atoms with Gasteiger partial charge in [0.05, 0.1) is 5.75 Å². The van der Waals surface area contributed by atoms with Crippen molar-refractivity contribution in [2.24, 2.45) is 5.73 Å². The number of nitrogens with two attached hydrogens (primary N) is 1. The van der Waals surface area contributed by atoms with Crippen LogP contribution >= 0.6 is 11.8 Å². The topological polar surface area (TPSA) is 79.0 Å². The van der Waals surface area contributed by atoms with E-state index in [1.165, 1.54) is 31.3 Å². The second-order valence-electron chi connectivity index (χ2n) is 3.86. The molecule has 1 aliphatic carbocycles. The van der Waals surface area contributed by atoms with Crippen LogP contribution < -0.4 is 11.1 Å². The third-order valence-corrected chi connectivity index (χ3v) is 3.23. The molecule has 0 bridgehead atoms. The molecular weight excluding hydrogens is 222 g/mol. The van der Waals surface area contributed by atoms with Crippen LogP contribution in [0.15, 0.2) is 11.6 Å². The fourth-order valence-electron chi connectivity index (χ4n) is 1.69. The maximum absolute atomic E-state index is 11.3. The standard InChI is InChI=1S/C11H19N3OS/c12-11(13)16-8-10(15)14-7-6-9-4-2-1-3-5-9/h4H,1-3,5-8H2,(H3,12,13)(H,14,15). The van der Waals surface area contributed by atoms with Gasteiger partial charge in [-0.1, -0.05) is 23.4 Å². The molecule has 1 rings (SSSR count). The predicted octanol–water partition coefficient (Wildman–Crippen LogP) is 1.62. The average molecular weight is 241 g/mol. The van der Waals surface area contributed by atoms with Crippen LogP contribution in [0.1, 0.15) is 32.1 Å². The van der Waals surface area contributed by atoms with E-state index in [9.17, 15) is 4.79 Å². The number of allylic oxidation sites excluding steroid dienone is 1. The minimum atomic E-state index is -0.0448. The fourth-order valence-corrected chi connectivity index (χ4v) is 2.08. The van der Waals surface area contributed by atoms with Crippen LogP contribution in [0.5, 0.6) is 0 Å². The van der Waals surface area contributed by atoms with Gasteiger partial charge in [-0.2, -0.15) is 0 Å². The SMILES string of the molecule is N=C(N)SCC(=O)NCCC1=CCCCC1. The molecule has 0 fully saturated rings. The molecule has 0 heterocycles. The van der Waals surface area contributed by atoms with E-state index in [0.717, 1.165) is 18.2 Å². The molecule has 0 aromatic heterocycles. The van der Waals surface area contributed by atoms with Gasteiger partial charge in [-0.25, -0.2) is 0 Å². The molecule has 0 atom stereocenters. The summed E-state index contributed by atoms with van der Waals surface area (Å²) in [5, 5.41) is 9.80. The van der Waals surface area contributed by atoms with Crippen molar-refractivity contribution in [2.75, 3.05) is 12.3 Å². The third-order valence-electron chi connectivity index (χ3n) is 2.51. The van der Waals surface area contributed by atoms with E-state index in [4.69, 9.17) is 11.1 Å². The maximum Gasteiger partial charge on any atom is 0.230 e. The van der Waals surface area contributed by atoms with Crippen LogP contribution in [0, 0.1) is 5.41 Å². The van der Waals surface area contributed by atoms with Crippen LogP contribution in [0.25, 0.3) is 0 Å². The summed E-state index contributed by atoms with van der Waals surface area (Å²) in [6.45, 7) is 0.698. The number of thioether (sulfide) groups is 1.